The molecule has 0 atom stereocenters. The Morgan fingerprint density at radius 3 is 2.88 bits per heavy atom. The topological polar surface area (TPSA) is 44.1 Å². The van der Waals surface area contributed by atoms with Crippen LogP contribution in [0.3, 0.4) is 0 Å². The minimum atomic E-state index is 0.614. The maximum Gasteiger partial charge on any atom is 0.157 e. The van der Waals surface area contributed by atoms with Crippen LogP contribution in [0.15, 0.2) is 35.1 Å². The van der Waals surface area contributed by atoms with Gasteiger partial charge in [-0.1, -0.05) is 0 Å². The van der Waals surface area contributed by atoms with Crippen LogP contribution in [0.25, 0.3) is 5.69 Å². The first-order valence-electron chi connectivity index (χ1n) is 4.58. The van der Waals surface area contributed by atoms with Crippen molar-refractivity contribution in [1.29, 1.82) is 0 Å². The van der Waals surface area contributed by atoms with Gasteiger partial charge in [0.1, 0.15) is 0 Å². The zero-order chi connectivity index (χ0) is 11.5. The van der Waals surface area contributed by atoms with Gasteiger partial charge in [-0.05, 0) is 34.1 Å². The number of hydrogen-bond acceptors (Lipinski definition) is 3. The van der Waals surface area contributed by atoms with E-state index in [9.17, 15) is 4.79 Å². The molecule has 1 heterocycles. The quantitative estimate of drug-likeness (QED) is 0.812. The van der Waals surface area contributed by atoms with Crippen molar-refractivity contribution >= 4 is 22.2 Å². The van der Waals surface area contributed by atoms with Gasteiger partial charge in [-0.3, -0.25) is 4.79 Å². The van der Waals surface area contributed by atoms with Crippen LogP contribution in [0.5, 0.6) is 5.75 Å². The summed E-state index contributed by atoms with van der Waals surface area (Å²) in [5.74, 6) is 0.690. The number of benzene rings is 1. The average molecular weight is 281 g/mol. The summed E-state index contributed by atoms with van der Waals surface area (Å²) >= 11 is 3.32. The number of rotatable bonds is 3. The van der Waals surface area contributed by atoms with Crippen LogP contribution in [-0.4, -0.2) is 23.2 Å². The molecule has 2 aromatic rings. The zero-order valence-corrected chi connectivity index (χ0v) is 10.1. The van der Waals surface area contributed by atoms with E-state index in [0.717, 1.165) is 16.4 Å². The highest BCUT2D eigenvalue weighted by molar-refractivity contribution is 9.10. The highest BCUT2D eigenvalue weighted by Crippen LogP contribution is 2.20. The van der Waals surface area contributed by atoms with Crippen molar-refractivity contribution < 1.29 is 9.53 Å². The SMILES string of the molecule is COc1cnn(-c2ccc(C=O)c(Br)c2)c1. The Balaban J connectivity index is 2.40. The Kier molecular flexibility index (Phi) is 3.05. The van der Waals surface area contributed by atoms with Crippen LogP contribution in [0.1, 0.15) is 10.4 Å². The Labute approximate surface area is 101 Å². The predicted molar refractivity (Wildman–Crippen MR) is 63.2 cm³/mol. The summed E-state index contributed by atoms with van der Waals surface area (Å²) in [5, 5.41) is 4.14. The molecule has 2 rings (SSSR count). The average Bonchev–Trinajstić information content (AvgIpc) is 2.77. The molecule has 0 N–H and O–H groups in total. The maximum atomic E-state index is 10.7. The van der Waals surface area contributed by atoms with E-state index in [1.807, 2.05) is 12.1 Å². The fourth-order valence-corrected chi connectivity index (χ4v) is 1.77. The number of hydrogen-bond donors (Lipinski definition) is 0. The molecule has 5 heteroatoms. The largest absolute Gasteiger partial charge is 0.493 e. The molecule has 0 saturated heterocycles. The van der Waals surface area contributed by atoms with Gasteiger partial charge < -0.3 is 4.74 Å². The molecule has 82 valence electrons. The van der Waals surface area contributed by atoms with Gasteiger partial charge in [-0.25, -0.2) is 4.68 Å². The Bertz CT molecular complexity index is 522. The van der Waals surface area contributed by atoms with E-state index in [-0.39, 0.29) is 0 Å². The number of carbonyl (C=O) groups excluding carboxylic acids is 1. The fraction of sp³-hybridized carbons (Fsp3) is 0.0909. The van der Waals surface area contributed by atoms with E-state index in [1.165, 1.54) is 0 Å². The van der Waals surface area contributed by atoms with Crippen molar-refractivity contribution in [3.05, 3.63) is 40.6 Å². The number of aldehydes is 1. The Hall–Kier alpha value is -1.62. The van der Waals surface area contributed by atoms with Crippen LogP contribution < -0.4 is 4.74 Å². The molecule has 0 aliphatic heterocycles. The summed E-state index contributed by atoms with van der Waals surface area (Å²) in [4.78, 5) is 10.7. The highest BCUT2D eigenvalue weighted by atomic mass is 79.9. The lowest BCUT2D eigenvalue weighted by molar-refractivity contribution is 0.112. The van der Waals surface area contributed by atoms with E-state index >= 15 is 0 Å². The lowest BCUT2D eigenvalue weighted by Crippen LogP contribution is -1.95. The second-order valence-corrected chi connectivity index (χ2v) is 4.00. The van der Waals surface area contributed by atoms with E-state index < -0.39 is 0 Å². The van der Waals surface area contributed by atoms with Gasteiger partial charge in [0.2, 0.25) is 0 Å². The fourth-order valence-electron chi connectivity index (χ4n) is 1.31. The number of nitrogens with zero attached hydrogens (tertiary/aromatic N) is 2. The Morgan fingerprint density at radius 2 is 2.31 bits per heavy atom. The first kappa shape index (κ1) is 10.9. The summed E-state index contributed by atoms with van der Waals surface area (Å²) in [6.45, 7) is 0. The molecule has 0 aliphatic carbocycles. The lowest BCUT2D eigenvalue weighted by atomic mass is 10.2. The predicted octanol–water partition coefficient (Wildman–Crippen LogP) is 2.46. The van der Waals surface area contributed by atoms with Gasteiger partial charge in [0, 0.05) is 10.0 Å². The molecule has 0 spiro atoms. The van der Waals surface area contributed by atoms with E-state index in [4.69, 9.17) is 4.74 Å². The molecule has 0 radical (unpaired) electrons. The molecule has 0 saturated carbocycles. The normalized spacial score (nSPS) is 10.1. The summed E-state index contributed by atoms with van der Waals surface area (Å²) < 4.78 is 7.46. The molecule has 0 bridgehead atoms. The summed E-state index contributed by atoms with van der Waals surface area (Å²) in [5.41, 5.74) is 1.48. The third-order valence-electron chi connectivity index (χ3n) is 2.17. The van der Waals surface area contributed by atoms with Crippen LogP contribution in [0.4, 0.5) is 0 Å². The van der Waals surface area contributed by atoms with E-state index in [0.29, 0.717) is 11.3 Å². The van der Waals surface area contributed by atoms with Gasteiger partial charge >= 0.3 is 0 Å². The first-order valence-corrected chi connectivity index (χ1v) is 5.37. The van der Waals surface area contributed by atoms with Gasteiger partial charge in [0.25, 0.3) is 0 Å². The van der Waals surface area contributed by atoms with Crippen LogP contribution in [-0.2, 0) is 0 Å². The van der Waals surface area contributed by atoms with Crippen molar-refractivity contribution in [2.45, 2.75) is 0 Å². The minimum absolute atomic E-state index is 0.614. The molecule has 4 nitrogen and oxygen atoms in total. The first-order chi connectivity index (χ1) is 7.74. The van der Waals surface area contributed by atoms with Gasteiger partial charge in [-0.15, -0.1) is 0 Å². The molecule has 1 aromatic carbocycles. The number of carbonyl (C=O) groups is 1. The second-order valence-electron chi connectivity index (χ2n) is 3.15. The third-order valence-corrected chi connectivity index (χ3v) is 2.86. The molecule has 0 unspecified atom stereocenters. The zero-order valence-electron chi connectivity index (χ0n) is 8.55. The van der Waals surface area contributed by atoms with Crippen molar-refractivity contribution in [3.8, 4) is 11.4 Å². The van der Waals surface area contributed by atoms with Gasteiger partial charge in [0.15, 0.2) is 12.0 Å². The molecule has 0 amide bonds. The minimum Gasteiger partial charge on any atom is -0.493 e. The van der Waals surface area contributed by atoms with Gasteiger partial charge in [-0.2, -0.15) is 5.10 Å². The maximum absolute atomic E-state index is 10.7. The van der Waals surface area contributed by atoms with Crippen molar-refractivity contribution in [2.75, 3.05) is 7.11 Å². The van der Waals surface area contributed by atoms with E-state index in [1.54, 1.807) is 30.3 Å². The van der Waals surface area contributed by atoms with Gasteiger partial charge in [0.05, 0.1) is 25.2 Å². The number of halogens is 1. The number of methoxy groups -OCH3 is 1. The van der Waals surface area contributed by atoms with Crippen molar-refractivity contribution in [1.82, 2.24) is 9.78 Å². The van der Waals surface area contributed by atoms with Crippen LogP contribution >= 0.6 is 15.9 Å². The Morgan fingerprint density at radius 1 is 1.50 bits per heavy atom. The molecular weight excluding hydrogens is 272 g/mol. The summed E-state index contributed by atoms with van der Waals surface area (Å²) in [6, 6.07) is 5.39. The van der Waals surface area contributed by atoms with Crippen molar-refractivity contribution in [2.24, 2.45) is 0 Å². The second kappa shape index (κ2) is 4.49. The molecule has 1 aromatic heterocycles. The number of aromatic nitrogens is 2. The van der Waals surface area contributed by atoms with Crippen molar-refractivity contribution in [3.63, 3.8) is 0 Å². The van der Waals surface area contributed by atoms with Crippen LogP contribution in [0, 0.1) is 0 Å². The third kappa shape index (κ3) is 1.99. The summed E-state index contributed by atoms with van der Waals surface area (Å²) in [6.07, 6.45) is 4.20. The molecule has 0 aliphatic rings. The highest BCUT2D eigenvalue weighted by Gasteiger charge is 2.04. The monoisotopic (exact) mass is 280 g/mol. The summed E-state index contributed by atoms with van der Waals surface area (Å²) in [7, 11) is 1.59. The standard InChI is InChI=1S/C11H9BrN2O2/c1-16-10-5-13-14(6-10)9-3-2-8(7-15)11(12)4-9/h2-7H,1H3. The lowest BCUT2D eigenvalue weighted by Gasteiger charge is -2.03. The molecule has 16 heavy (non-hydrogen) atoms. The smallest absolute Gasteiger partial charge is 0.157 e. The molecular formula is C11H9BrN2O2. The van der Waals surface area contributed by atoms with Crippen LogP contribution in [0.2, 0.25) is 0 Å². The van der Waals surface area contributed by atoms with E-state index in [2.05, 4.69) is 21.0 Å². The number of ether oxygens (including phenoxy) is 1. The molecule has 0 fully saturated rings.